The second-order valence-electron chi connectivity index (χ2n) is 5.65. The molecule has 2 aromatic carbocycles. The maximum absolute atomic E-state index is 5.91. The molecule has 1 unspecified atom stereocenters. The van der Waals surface area contributed by atoms with Gasteiger partial charge >= 0.3 is 0 Å². The number of nitrogens with zero attached hydrogens (tertiary/aromatic N) is 1. The maximum atomic E-state index is 5.91. The average Bonchev–Trinajstić information content (AvgIpc) is 2.67. The molecule has 4 N–H and O–H groups in total. The number of halogens is 1. The van der Waals surface area contributed by atoms with Gasteiger partial charge in [-0.3, -0.25) is 0 Å². The SMILES string of the molecule is NCC(N)c1ccc(C#Cc2ccc(-c3ccc(Cl)cc3)cn2)cc1. The van der Waals surface area contributed by atoms with Crippen molar-refractivity contribution in [3.05, 3.63) is 88.7 Å². The van der Waals surface area contributed by atoms with E-state index in [9.17, 15) is 0 Å². The summed E-state index contributed by atoms with van der Waals surface area (Å²) in [6.45, 7) is 0.426. The second kappa shape index (κ2) is 7.96. The van der Waals surface area contributed by atoms with Crippen LogP contribution in [0, 0.1) is 11.8 Å². The monoisotopic (exact) mass is 347 g/mol. The van der Waals surface area contributed by atoms with Crippen LogP contribution in [0.3, 0.4) is 0 Å². The fourth-order valence-electron chi connectivity index (χ4n) is 2.37. The molecule has 1 heterocycles. The number of hydrogen-bond acceptors (Lipinski definition) is 3. The van der Waals surface area contributed by atoms with Gasteiger partial charge in [-0.2, -0.15) is 0 Å². The molecule has 3 rings (SSSR count). The molecular formula is C21H18ClN3. The van der Waals surface area contributed by atoms with Crippen molar-refractivity contribution in [3.8, 4) is 23.0 Å². The Kier molecular flexibility index (Phi) is 5.47. The molecule has 1 atom stereocenters. The summed E-state index contributed by atoms with van der Waals surface area (Å²) in [5.74, 6) is 6.18. The fourth-order valence-corrected chi connectivity index (χ4v) is 2.49. The number of benzene rings is 2. The van der Waals surface area contributed by atoms with E-state index in [1.807, 2.05) is 66.9 Å². The number of hydrogen-bond donors (Lipinski definition) is 2. The van der Waals surface area contributed by atoms with Crippen molar-refractivity contribution < 1.29 is 0 Å². The summed E-state index contributed by atoms with van der Waals surface area (Å²) in [4.78, 5) is 4.41. The van der Waals surface area contributed by atoms with Crippen molar-refractivity contribution in [2.24, 2.45) is 11.5 Å². The van der Waals surface area contributed by atoms with Gasteiger partial charge in [-0.1, -0.05) is 47.9 Å². The molecule has 3 nitrogen and oxygen atoms in total. The molecule has 0 fully saturated rings. The average molecular weight is 348 g/mol. The summed E-state index contributed by atoms with van der Waals surface area (Å²) in [6, 6.07) is 19.3. The van der Waals surface area contributed by atoms with Gasteiger partial charge in [0.25, 0.3) is 0 Å². The van der Waals surface area contributed by atoms with Crippen LogP contribution in [0.4, 0.5) is 0 Å². The molecule has 0 amide bonds. The molecule has 3 aromatic rings. The first-order valence-electron chi connectivity index (χ1n) is 7.95. The lowest BCUT2D eigenvalue weighted by molar-refractivity contribution is 0.737. The minimum absolute atomic E-state index is 0.135. The number of rotatable bonds is 3. The Morgan fingerprint density at radius 2 is 1.56 bits per heavy atom. The van der Waals surface area contributed by atoms with Gasteiger partial charge in [-0.25, -0.2) is 4.98 Å². The molecule has 0 radical (unpaired) electrons. The van der Waals surface area contributed by atoms with Gasteiger partial charge in [0.1, 0.15) is 5.69 Å². The highest BCUT2D eigenvalue weighted by atomic mass is 35.5. The topological polar surface area (TPSA) is 64.9 Å². The van der Waals surface area contributed by atoms with E-state index in [0.29, 0.717) is 6.54 Å². The van der Waals surface area contributed by atoms with E-state index >= 15 is 0 Å². The highest BCUT2D eigenvalue weighted by molar-refractivity contribution is 6.30. The number of pyridine rings is 1. The highest BCUT2D eigenvalue weighted by Gasteiger charge is 2.02. The highest BCUT2D eigenvalue weighted by Crippen LogP contribution is 2.20. The standard InChI is InChI=1S/C21H18ClN3/c22-19-9-6-16(7-10-19)18-8-12-20(25-14-18)11-3-15-1-4-17(5-2-15)21(24)13-23/h1-2,4-10,12,14,21H,13,23-24H2. The zero-order valence-corrected chi connectivity index (χ0v) is 14.4. The minimum atomic E-state index is -0.135. The largest absolute Gasteiger partial charge is 0.329 e. The van der Waals surface area contributed by atoms with E-state index in [-0.39, 0.29) is 6.04 Å². The van der Waals surface area contributed by atoms with E-state index in [4.69, 9.17) is 23.1 Å². The Morgan fingerprint density at radius 1 is 0.880 bits per heavy atom. The summed E-state index contributed by atoms with van der Waals surface area (Å²) in [5.41, 5.74) is 16.2. The van der Waals surface area contributed by atoms with E-state index in [2.05, 4.69) is 16.8 Å². The van der Waals surface area contributed by atoms with Crippen LogP contribution in [0.2, 0.25) is 5.02 Å². The zero-order chi connectivity index (χ0) is 17.6. The second-order valence-corrected chi connectivity index (χ2v) is 6.09. The molecular weight excluding hydrogens is 330 g/mol. The summed E-state index contributed by atoms with van der Waals surface area (Å²) in [5, 5.41) is 0.720. The lowest BCUT2D eigenvalue weighted by Gasteiger charge is -2.08. The summed E-state index contributed by atoms with van der Waals surface area (Å²) >= 11 is 5.91. The Bertz CT molecular complexity index is 889. The maximum Gasteiger partial charge on any atom is 0.113 e. The summed E-state index contributed by atoms with van der Waals surface area (Å²) in [6.07, 6.45) is 1.82. The third-order valence-corrected chi connectivity index (χ3v) is 4.12. The van der Waals surface area contributed by atoms with Crippen LogP contribution in [0.5, 0.6) is 0 Å². The molecule has 0 saturated heterocycles. The van der Waals surface area contributed by atoms with Crippen molar-refractivity contribution in [2.45, 2.75) is 6.04 Å². The first-order valence-corrected chi connectivity index (χ1v) is 8.33. The third-order valence-electron chi connectivity index (χ3n) is 3.87. The lowest BCUT2D eigenvalue weighted by atomic mass is 10.1. The molecule has 0 aliphatic heterocycles. The van der Waals surface area contributed by atoms with Crippen molar-refractivity contribution in [2.75, 3.05) is 6.54 Å². The molecule has 0 saturated carbocycles. The van der Waals surface area contributed by atoms with Gasteiger partial charge in [-0.05, 0) is 47.4 Å². The van der Waals surface area contributed by atoms with Crippen LogP contribution in [0.15, 0.2) is 66.9 Å². The quantitative estimate of drug-likeness (QED) is 0.709. The van der Waals surface area contributed by atoms with Crippen LogP contribution >= 0.6 is 11.6 Å². The smallest absolute Gasteiger partial charge is 0.113 e. The first-order chi connectivity index (χ1) is 12.2. The van der Waals surface area contributed by atoms with E-state index < -0.39 is 0 Å². The van der Waals surface area contributed by atoms with Gasteiger partial charge in [0, 0.05) is 34.9 Å². The van der Waals surface area contributed by atoms with Crippen molar-refractivity contribution in [3.63, 3.8) is 0 Å². The summed E-state index contributed by atoms with van der Waals surface area (Å²) < 4.78 is 0. The van der Waals surface area contributed by atoms with E-state index in [1.54, 1.807) is 0 Å². The van der Waals surface area contributed by atoms with E-state index in [1.165, 1.54) is 0 Å². The predicted octanol–water partition coefficient (Wildman–Crippen LogP) is 3.76. The number of aromatic nitrogens is 1. The van der Waals surface area contributed by atoms with Crippen LogP contribution in [-0.2, 0) is 0 Å². The zero-order valence-electron chi connectivity index (χ0n) is 13.6. The van der Waals surface area contributed by atoms with Crippen LogP contribution in [0.25, 0.3) is 11.1 Å². The molecule has 4 heteroatoms. The van der Waals surface area contributed by atoms with Crippen LogP contribution in [-0.4, -0.2) is 11.5 Å². The van der Waals surface area contributed by atoms with Crippen LogP contribution in [0.1, 0.15) is 22.9 Å². The Balaban J connectivity index is 1.74. The molecule has 0 aliphatic rings. The van der Waals surface area contributed by atoms with Crippen molar-refractivity contribution in [1.82, 2.24) is 4.98 Å². The first kappa shape index (κ1) is 17.2. The third kappa shape index (κ3) is 4.46. The molecule has 0 bridgehead atoms. The molecule has 25 heavy (non-hydrogen) atoms. The molecule has 1 aromatic heterocycles. The Hall–Kier alpha value is -2.64. The Morgan fingerprint density at radius 3 is 2.16 bits per heavy atom. The lowest BCUT2D eigenvalue weighted by Crippen LogP contribution is -2.20. The minimum Gasteiger partial charge on any atom is -0.329 e. The number of nitrogens with two attached hydrogens (primary N) is 2. The van der Waals surface area contributed by atoms with Gasteiger partial charge in [0.15, 0.2) is 0 Å². The summed E-state index contributed by atoms with van der Waals surface area (Å²) in [7, 11) is 0. The predicted molar refractivity (Wildman–Crippen MR) is 103 cm³/mol. The van der Waals surface area contributed by atoms with Crippen LogP contribution < -0.4 is 11.5 Å². The van der Waals surface area contributed by atoms with Gasteiger partial charge in [0.2, 0.25) is 0 Å². The molecule has 0 aliphatic carbocycles. The Labute approximate surface area is 152 Å². The van der Waals surface area contributed by atoms with Gasteiger partial charge < -0.3 is 11.5 Å². The van der Waals surface area contributed by atoms with Gasteiger partial charge in [-0.15, -0.1) is 0 Å². The van der Waals surface area contributed by atoms with Crippen molar-refractivity contribution >= 4 is 11.6 Å². The molecule has 0 spiro atoms. The van der Waals surface area contributed by atoms with E-state index in [0.717, 1.165) is 33.0 Å². The van der Waals surface area contributed by atoms with Gasteiger partial charge in [0.05, 0.1) is 0 Å². The van der Waals surface area contributed by atoms with Crippen molar-refractivity contribution in [1.29, 1.82) is 0 Å². The fraction of sp³-hybridized carbons (Fsp3) is 0.0952. The normalized spacial score (nSPS) is 11.5. The molecule has 124 valence electrons.